The molecule has 1 atom stereocenters. The van der Waals surface area contributed by atoms with Crippen LogP contribution in [0.15, 0.2) is 18.2 Å². The Morgan fingerprint density at radius 2 is 2.10 bits per heavy atom. The monoisotopic (exact) mass is 287 g/mol. The highest BCUT2D eigenvalue weighted by molar-refractivity contribution is 6.00. The fraction of sp³-hybridized carbons (Fsp3) is 0.588. The Labute approximate surface area is 127 Å². The van der Waals surface area contributed by atoms with Gasteiger partial charge in [-0.1, -0.05) is 11.6 Å². The second kappa shape index (κ2) is 6.06. The van der Waals surface area contributed by atoms with Crippen LogP contribution in [0, 0.1) is 6.92 Å². The van der Waals surface area contributed by atoms with E-state index in [4.69, 9.17) is 0 Å². The number of hydrogen-bond donors (Lipinski definition) is 1. The van der Waals surface area contributed by atoms with Crippen LogP contribution >= 0.6 is 0 Å². The molecule has 2 fully saturated rings. The zero-order chi connectivity index (χ0) is 14.8. The fourth-order valence-corrected chi connectivity index (χ4v) is 3.38. The fourth-order valence-electron chi connectivity index (χ4n) is 3.38. The van der Waals surface area contributed by atoms with Crippen LogP contribution in [0.2, 0.25) is 0 Å². The van der Waals surface area contributed by atoms with Crippen LogP contribution in [0.3, 0.4) is 0 Å². The molecular formula is C17H25N3O. The number of aryl methyl sites for hydroxylation is 1. The highest BCUT2D eigenvalue weighted by atomic mass is 16.2. The first-order valence-corrected chi connectivity index (χ1v) is 8.00. The van der Waals surface area contributed by atoms with Crippen molar-refractivity contribution in [3.63, 3.8) is 0 Å². The molecule has 1 amide bonds. The highest BCUT2D eigenvalue weighted by Crippen LogP contribution is 2.27. The number of nitrogens with zero attached hydrogens (tertiary/aromatic N) is 2. The third kappa shape index (κ3) is 2.91. The zero-order valence-corrected chi connectivity index (χ0v) is 13.1. The number of rotatable bonds is 3. The predicted molar refractivity (Wildman–Crippen MR) is 86.0 cm³/mol. The van der Waals surface area contributed by atoms with Crippen molar-refractivity contribution < 1.29 is 4.79 Å². The minimum atomic E-state index is 0.161. The maximum absolute atomic E-state index is 12.9. The van der Waals surface area contributed by atoms with Gasteiger partial charge in [-0.25, -0.2) is 0 Å². The van der Waals surface area contributed by atoms with Gasteiger partial charge >= 0.3 is 0 Å². The molecule has 21 heavy (non-hydrogen) atoms. The summed E-state index contributed by atoms with van der Waals surface area (Å²) in [6.45, 7) is 6.11. The van der Waals surface area contributed by atoms with Crippen molar-refractivity contribution in [1.29, 1.82) is 0 Å². The summed E-state index contributed by atoms with van der Waals surface area (Å²) < 4.78 is 0. The van der Waals surface area contributed by atoms with Crippen LogP contribution in [0.4, 0.5) is 5.69 Å². The van der Waals surface area contributed by atoms with Gasteiger partial charge in [0.2, 0.25) is 0 Å². The molecule has 2 saturated heterocycles. The van der Waals surface area contributed by atoms with Gasteiger partial charge in [-0.2, -0.15) is 0 Å². The first-order valence-electron chi connectivity index (χ1n) is 8.00. The summed E-state index contributed by atoms with van der Waals surface area (Å²) in [7, 11) is 1.94. The number of carbonyl (C=O) groups excluding carboxylic acids is 1. The standard InChI is InChI=1S/C17H25N3O/c1-13-5-6-16(20-9-3-4-10-20)15(11-13)17(21)19(2)14-7-8-18-12-14/h5-6,11,14,18H,3-4,7-10,12H2,1-2H3. The lowest BCUT2D eigenvalue weighted by molar-refractivity contribution is 0.0744. The molecule has 3 rings (SSSR count). The topological polar surface area (TPSA) is 35.6 Å². The molecule has 4 nitrogen and oxygen atoms in total. The van der Waals surface area contributed by atoms with Gasteiger partial charge in [-0.15, -0.1) is 0 Å². The molecule has 1 unspecified atom stereocenters. The molecule has 0 spiro atoms. The van der Waals surface area contributed by atoms with E-state index in [9.17, 15) is 4.79 Å². The second-order valence-electron chi connectivity index (χ2n) is 6.28. The minimum Gasteiger partial charge on any atom is -0.371 e. The zero-order valence-electron chi connectivity index (χ0n) is 13.1. The van der Waals surface area contributed by atoms with Crippen molar-refractivity contribution in [2.75, 3.05) is 38.1 Å². The first-order chi connectivity index (χ1) is 10.2. The van der Waals surface area contributed by atoms with Crippen molar-refractivity contribution >= 4 is 11.6 Å². The van der Waals surface area contributed by atoms with E-state index in [0.717, 1.165) is 49.4 Å². The SMILES string of the molecule is Cc1ccc(N2CCCC2)c(C(=O)N(C)C2CCNC2)c1. The molecule has 0 aliphatic carbocycles. The summed E-state index contributed by atoms with van der Waals surface area (Å²) in [5, 5.41) is 3.34. The summed E-state index contributed by atoms with van der Waals surface area (Å²) in [5.41, 5.74) is 3.13. The van der Waals surface area contributed by atoms with Gasteiger partial charge in [-0.3, -0.25) is 4.79 Å². The van der Waals surface area contributed by atoms with Crippen LogP contribution in [0.5, 0.6) is 0 Å². The van der Waals surface area contributed by atoms with Crippen LogP contribution < -0.4 is 10.2 Å². The highest BCUT2D eigenvalue weighted by Gasteiger charge is 2.27. The summed E-state index contributed by atoms with van der Waals surface area (Å²) in [6.07, 6.45) is 3.50. The normalized spacial score (nSPS) is 21.8. The van der Waals surface area contributed by atoms with Crippen LogP contribution in [-0.2, 0) is 0 Å². The molecule has 114 valence electrons. The van der Waals surface area contributed by atoms with Gasteiger partial charge in [0.25, 0.3) is 5.91 Å². The molecular weight excluding hydrogens is 262 g/mol. The average Bonchev–Trinajstić information content (AvgIpc) is 3.18. The molecule has 0 saturated carbocycles. The number of anilines is 1. The molecule has 0 aromatic heterocycles. The number of amides is 1. The quantitative estimate of drug-likeness (QED) is 0.924. The lowest BCUT2D eigenvalue weighted by atomic mass is 10.1. The van der Waals surface area contributed by atoms with E-state index in [1.807, 2.05) is 11.9 Å². The maximum atomic E-state index is 12.9. The Morgan fingerprint density at radius 3 is 2.76 bits per heavy atom. The lowest BCUT2D eigenvalue weighted by Crippen LogP contribution is -2.39. The van der Waals surface area contributed by atoms with E-state index in [2.05, 4.69) is 35.3 Å². The largest absolute Gasteiger partial charge is 0.371 e. The summed E-state index contributed by atoms with van der Waals surface area (Å²) in [5.74, 6) is 0.161. The van der Waals surface area contributed by atoms with Gasteiger partial charge in [0.1, 0.15) is 0 Å². The molecule has 2 aliphatic heterocycles. The Hall–Kier alpha value is -1.55. The molecule has 0 bridgehead atoms. The second-order valence-corrected chi connectivity index (χ2v) is 6.28. The van der Waals surface area contributed by atoms with Crippen molar-refractivity contribution in [3.8, 4) is 0 Å². The molecule has 2 heterocycles. The van der Waals surface area contributed by atoms with Crippen LogP contribution in [0.1, 0.15) is 35.2 Å². The molecule has 1 aromatic rings. The molecule has 0 radical (unpaired) electrons. The molecule has 1 N–H and O–H groups in total. The van der Waals surface area contributed by atoms with Crippen LogP contribution in [-0.4, -0.2) is 50.1 Å². The average molecular weight is 287 g/mol. The van der Waals surface area contributed by atoms with E-state index in [-0.39, 0.29) is 5.91 Å². The molecule has 1 aromatic carbocycles. The van der Waals surface area contributed by atoms with Gasteiger partial charge in [0.05, 0.1) is 5.56 Å². The maximum Gasteiger partial charge on any atom is 0.256 e. The Bertz CT molecular complexity index is 517. The van der Waals surface area contributed by atoms with Crippen molar-refractivity contribution in [2.24, 2.45) is 0 Å². The van der Waals surface area contributed by atoms with E-state index < -0.39 is 0 Å². The first kappa shape index (κ1) is 14.4. The van der Waals surface area contributed by atoms with E-state index in [1.54, 1.807) is 0 Å². The third-order valence-electron chi connectivity index (χ3n) is 4.73. The number of carbonyl (C=O) groups is 1. The molecule has 4 heteroatoms. The van der Waals surface area contributed by atoms with Gasteiger partial charge in [-0.05, 0) is 44.9 Å². The number of likely N-dealkylation sites (N-methyl/N-ethyl adjacent to an activating group) is 1. The molecule has 2 aliphatic rings. The summed E-state index contributed by atoms with van der Waals surface area (Å²) >= 11 is 0. The number of nitrogens with one attached hydrogen (secondary N) is 1. The number of benzene rings is 1. The van der Waals surface area contributed by atoms with Gasteiger partial charge < -0.3 is 15.1 Å². The van der Waals surface area contributed by atoms with Gasteiger partial charge in [0.15, 0.2) is 0 Å². The van der Waals surface area contributed by atoms with Crippen LogP contribution in [0.25, 0.3) is 0 Å². The summed E-state index contributed by atoms with van der Waals surface area (Å²) in [6, 6.07) is 6.61. The summed E-state index contributed by atoms with van der Waals surface area (Å²) in [4.78, 5) is 17.2. The predicted octanol–water partition coefficient (Wildman–Crippen LogP) is 2.03. The van der Waals surface area contributed by atoms with E-state index in [1.165, 1.54) is 12.8 Å². The van der Waals surface area contributed by atoms with Crippen molar-refractivity contribution in [1.82, 2.24) is 10.2 Å². The lowest BCUT2D eigenvalue weighted by Gasteiger charge is -2.27. The Balaban J connectivity index is 1.88. The van der Waals surface area contributed by atoms with Crippen molar-refractivity contribution in [2.45, 2.75) is 32.2 Å². The Morgan fingerprint density at radius 1 is 1.33 bits per heavy atom. The van der Waals surface area contributed by atoms with E-state index in [0.29, 0.717) is 6.04 Å². The van der Waals surface area contributed by atoms with E-state index >= 15 is 0 Å². The smallest absolute Gasteiger partial charge is 0.256 e. The van der Waals surface area contributed by atoms with Gasteiger partial charge in [0, 0.05) is 38.4 Å². The Kier molecular flexibility index (Phi) is 4.15. The van der Waals surface area contributed by atoms with Crippen molar-refractivity contribution in [3.05, 3.63) is 29.3 Å². The minimum absolute atomic E-state index is 0.161. The number of hydrogen-bond acceptors (Lipinski definition) is 3. The third-order valence-corrected chi connectivity index (χ3v) is 4.73.